The summed E-state index contributed by atoms with van der Waals surface area (Å²) in [6, 6.07) is 10.2. The molecule has 5 heteroatoms. The summed E-state index contributed by atoms with van der Waals surface area (Å²) < 4.78 is 0. The Morgan fingerprint density at radius 1 is 1.08 bits per heavy atom. The Morgan fingerprint density at radius 2 is 1.81 bits per heavy atom. The SMILES string of the molecule is Cc1cc(CN(C)Cc2ccccn2)c(O)c(CN2CCN(C)CC2)c1. The average Bonchev–Trinajstić information content (AvgIpc) is 2.61. The summed E-state index contributed by atoms with van der Waals surface area (Å²) in [6.45, 7) is 8.69. The van der Waals surface area contributed by atoms with Crippen molar-refractivity contribution in [3.8, 4) is 5.75 Å². The molecule has 5 nitrogen and oxygen atoms in total. The largest absolute Gasteiger partial charge is 0.507 e. The molecule has 0 aliphatic carbocycles. The molecule has 1 aromatic carbocycles. The highest BCUT2D eigenvalue weighted by molar-refractivity contribution is 5.43. The van der Waals surface area contributed by atoms with Crippen LogP contribution < -0.4 is 0 Å². The summed E-state index contributed by atoms with van der Waals surface area (Å²) in [5.74, 6) is 0.447. The second kappa shape index (κ2) is 8.62. The van der Waals surface area contributed by atoms with Gasteiger partial charge in [0, 0.05) is 63.1 Å². The van der Waals surface area contributed by atoms with Crippen LogP contribution in [0.4, 0.5) is 0 Å². The Balaban J connectivity index is 1.68. The standard InChI is InChI=1S/C21H30N4O/c1-17-12-18(14-24(3)16-20-6-4-5-7-22-20)21(26)19(13-17)15-25-10-8-23(2)9-11-25/h4-7,12-13,26H,8-11,14-16H2,1-3H3. The number of hydrogen-bond acceptors (Lipinski definition) is 5. The van der Waals surface area contributed by atoms with Crippen LogP contribution in [-0.4, -0.2) is 65.1 Å². The Morgan fingerprint density at radius 3 is 2.50 bits per heavy atom. The van der Waals surface area contributed by atoms with E-state index in [0.29, 0.717) is 12.3 Å². The molecule has 2 aromatic rings. The third kappa shape index (κ3) is 5.04. The van der Waals surface area contributed by atoms with Crippen LogP contribution in [0.3, 0.4) is 0 Å². The van der Waals surface area contributed by atoms with Crippen molar-refractivity contribution in [2.24, 2.45) is 0 Å². The summed E-state index contributed by atoms with van der Waals surface area (Å²) in [5, 5.41) is 10.8. The molecule has 26 heavy (non-hydrogen) atoms. The molecule has 0 spiro atoms. The van der Waals surface area contributed by atoms with Gasteiger partial charge in [-0.3, -0.25) is 14.8 Å². The van der Waals surface area contributed by atoms with Crippen molar-refractivity contribution in [1.82, 2.24) is 19.7 Å². The van der Waals surface area contributed by atoms with Crippen LogP contribution >= 0.6 is 0 Å². The molecule has 0 atom stereocenters. The van der Waals surface area contributed by atoms with Gasteiger partial charge in [0.25, 0.3) is 0 Å². The lowest BCUT2D eigenvalue weighted by molar-refractivity contribution is 0.147. The maximum atomic E-state index is 10.8. The van der Waals surface area contributed by atoms with Gasteiger partial charge in [-0.2, -0.15) is 0 Å². The van der Waals surface area contributed by atoms with Gasteiger partial charge >= 0.3 is 0 Å². The molecule has 1 aromatic heterocycles. The third-order valence-electron chi connectivity index (χ3n) is 5.00. The summed E-state index contributed by atoms with van der Waals surface area (Å²) in [7, 11) is 4.23. The number of hydrogen-bond donors (Lipinski definition) is 1. The monoisotopic (exact) mass is 354 g/mol. The zero-order valence-corrected chi connectivity index (χ0v) is 16.1. The number of aromatic nitrogens is 1. The number of piperazine rings is 1. The number of pyridine rings is 1. The van der Waals surface area contributed by atoms with Crippen LogP contribution in [0.25, 0.3) is 0 Å². The molecule has 0 unspecified atom stereocenters. The second-order valence-corrected chi connectivity index (χ2v) is 7.50. The Labute approximate surface area is 156 Å². The van der Waals surface area contributed by atoms with Crippen molar-refractivity contribution in [3.63, 3.8) is 0 Å². The minimum absolute atomic E-state index is 0.447. The van der Waals surface area contributed by atoms with Crippen LogP contribution in [0.1, 0.15) is 22.4 Å². The molecule has 1 aliphatic rings. The van der Waals surface area contributed by atoms with Gasteiger partial charge in [-0.05, 0) is 33.2 Å². The topological polar surface area (TPSA) is 42.8 Å². The molecule has 2 heterocycles. The van der Waals surface area contributed by atoms with Gasteiger partial charge in [0.1, 0.15) is 5.75 Å². The van der Waals surface area contributed by atoms with Gasteiger partial charge in [0.15, 0.2) is 0 Å². The first kappa shape index (κ1) is 18.8. The first-order valence-electron chi connectivity index (χ1n) is 9.32. The molecular weight excluding hydrogens is 324 g/mol. The van der Waals surface area contributed by atoms with Crippen molar-refractivity contribution >= 4 is 0 Å². The van der Waals surface area contributed by atoms with Gasteiger partial charge < -0.3 is 10.0 Å². The van der Waals surface area contributed by atoms with E-state index in [2.05, 4.69) is 52.8 Å². The number of aryl methyl sites for hydroxylation is 1. The summed E-state index contributed by atoms with van der Waals surface area (Å²) in [5.41, 5.74) is 4.27. The lowest BCUT2D eigenvalue weighted by Crippen LogP contribution is -2.43. The lowest BCUT2D eigenvalue weighted by Gasteiger charge is -2.32. The number of aromatic hydroxyl groups is 1. The van der Waals surface area contributed by atoms with Gasteiger partial charge in [0.2, 0.25) is 0 Å². The summed E-state index contributed by atoms with van der Waals surface area (Å²) >= 11 is 0. The molecule has 0 radical (unpaired) electrons. The minimum atomic E-state index is 0.447. The first-order valence-corrected chi connectivity index (χ1v) is 9.32. The van der Waals surface area contributed by atoms with Crippen LogP contribution in [-0.2, 0) is 19.6 Å². The van der Waals surface area contributed by atoms with E-state index in [0.717, 1.165) is 56.1 Å². The highest BCUT2D eigenvalue weighted by atomic mass is 16.3. The molecular formula is C21H30N4O. The van der Waals surface area contributed by atoms with E-state index in [4.69, 9.17) is 0 Å². The molecule has 140 valence electrons. The first-order chi connectivity index (χ1) is 12.5. The second-order valence-electron chi connectivity index (χ2n) is 7.50. The smallest absolute Gasteiger partial charge is 0.124 e. The van der Waals surface area contributed by atoms with Crippen LogP contribution in [0.2, 0.25) is 0 Å². The number of rotatable bonds is 6. The molecule has 0 amide bonds. The van der Waals surface area contributed by atoms with Crippen LogP contribution in [0.5, 0.6) is 5.75 Å². The third-order valence-corrected chi connectivity index (χ3v) is 5.00. The molecule has 0 saturated carbocycles. The van der Waals surface area contributed by atoms with Crippen LogP contribution in [0, 0.1) is 6.92 Å². The maximum Gasteiger partial charge on any atom is 0.124 e. The van der Waals surface area contributed by atoms with Crippen LogP contribution in [0.15, 0.2) is 36.5 Å². The van der Waals surface area contributed by atoms with Crippen molar-refractivity contribution in [2.45, 2.75) is 26.6 Å². The number of phenols is 1. The van der Waals surface area contributed by atoms with Crippen molar-refractivity contribution in [1.29, 1.82) is 0 Å². The van der Waals surface area contributed by atoms with E-state index in [-0.39, 0.29) is 0 Å². The summed E-state index contributed by atoms with van der Waals surface area (Å²) in [6.07, 6.45) is 1.82. The maximum absolute atomic E-state index is 10.8. The zero-order chi connectivity index (χ0) is 18.5. The average molecular weight is 354 g/mol. The van der Waals surface area contributed by atoms with E-state index >= 15 is 0 Å². The van der Waals surface area contributed by atoms with E-state index < -0.39 is 0 Å². The van der Waals surface area contributed by atoms with Gasteiger partial charge in [-0.15, -0.1) is 0 Å². The fourth-order valence-corrected chi connectivity index (χ4v) is 3.54. The van der Waals surface area contributed by atoms with E-state index in [1.165, 1.54) is 5.56 Å². The highest BCUT2D eigenvalue weighted by Gasteiger charge is 2.17. The molecule has 1 saturated heterocycles. The number of benzene rings is 1. The zero-order valence-electron chi connectivity index (χ0n) is 16.1. The molecule has 3 rings (SSSR count). The lowest BCUT2D eigenvalue weighted by atomic mass is 10.0. The van der Waals surface area contributed by atoms with E-state index in [9.17, 15) is 5.11 Å². The highest BCUT2D eigenvalue weighted by Crippen LogP contribution is 2.27. The Bertz CT molecular complexity index is 711. The Hall–Kier alpha value is -1.95. The van der Waals surface area contributed by atoms with Crippen molar-refractivity contribution in [2.75, 3.05) is 40.3 Å². The predicted molar refractivity (Wildman–Crippen MR) is 105 cm³/mol. The minimum Gasteiger partial charge on any atom is -0.507 e. The fraction of sp³-hybridized carbons (Fsp3) is 0.476. The number of likely N-dealkylation sites (N-methyl/N-ethyl adjacent to an activating group) is 1. The molecule has 1 N–H and O–H groups in total. The Kier molecular flexibility index (Phi) is 6.25. The molecule has 1 fully saturated rings. The fourth-order valence-electron chi connectivity index (χ4n) is 3.54. The van der Waals surface area contributed by atoms with Gasteiger partial charge in [0.05, 0.1) is 5.69 Å². The van der Waals surface area contributed by atoms with E-state index in [1.807, 2.05) is 24.4 Å². The summed E-state index contributed by atoms with van der Waals surface area (Å²) in [4.78, 5) is 11.4. The van der Waals surface area contributed by atoms with E-state index in [1.54, 1.807) is 0 Å². The molecule has 0 bridgehead atoms. The number of phenolic OH excluding ortho intramolecular Hbond substituents is 1. The van der Waals surface area contributed by atoms with Crippen molar-refractivity contribution < 1.29 is 5.11 Å². The normalized spacial score (nSPS) is 16.3. The number of nitrogens with zero attached hydrogens (tertiary/aromatic N) is 4. The predicted octanol–water partition coefficient (Wildman–Crippen LogP) is 2.48. The quantitative estimate of drug-likeness (QED) is 0.863. The molecule has 1 aliphatic heterocycles. The van der Waals surface area contributed by atoms with Crippen molar-refractivity contribution in [3.05, 3.63) is 58.9 Å². The van der Waals surface area contributed by atoms with Gasteiger partial charge in [-0.1, -0.05) is 23.8 Å². The van der Waals surface area contributed by atoms with Gasteiger partial charge in [-0.25, -0.2) is 0 Å².